The highest BCUT2D eigenvalue weighted by atomic mass is 35.5. The van der Waals surface area contributed by atoms with Crippen molar-refractivity contribution < 1.29 is 9.18 Å². The number of fused-ring (bicyclic) bond motifs is 5. The Bertz CT molecular complexity index is 1040. The van der Waals surface area contributed by atoms with Crippen molar-refractivity contribution in [1.29, 1.82) is 0 Å². The number of benzene rings is 2. The summed E-state index contributed by atoms with van der Waals surface area (Å²) in [6, 6.07) is 13.7. The Hall–Kier alpha value is -2.66. The van der Waals surface area contributed by atoms with Gasteiger partial charge < -0.3 is 5.32 Å². The molecule has 0 aliphatic heterocycles. The van der Waals surface area contributed by atoms with Gasteiger partial charge in [0.25, 0.3) is 5.91 Å². The van der Waals surface area contributed by atoms with Gasteiger partial charge in [-0.05, 0) is 67.1 Å². The zero-order valence-electron chi connectivity index (χ0n) is 15.2. The maximum absolute atomic E-state index is 13.1. The Morgan fingerprint density at radius 2 is 1.82 bits per heavy atom. The summed E-state index contributed by atoms with van der Waals surface area (Å²) < 4.78 is 15.0. The van der Waals surface area contributed by atoms with Gasteiger partial charge in [0.2, 0.25) is 0 Å². The van der Waals surface area contributed by atoms with E-state index in [1.54, 1.807) is 12.1 Å². The van der Waals surface area contributed by atoms with Crippen molar-refractivity contribution in [1.82, 2.24) is 15.1 Å². The number of nitrogens with zero attached hydrogens (tertiary/aromatic N) is 2. The molecule has 2 aliphatic rings. The molecule has 1 fully saturated rings. The molecule has 2 aliphatic carbocycles. The van der Waals surface area contributed by atoms with E-state index in [2.05, 4.69) is 5.32 Å². The summed E-state index contributed by atoms with van der Waals surface area (Å²) >= 11 is 6.03. The van der Waals surface area contributed by atoms with Gasteiger partial charge in [0, 0.05) is 23.0 Å². The quantitative estimate of drug-likeness (QED) is 0.678. The molecule has 2 atom stereocenters. The van der Waals surface area contributed by atoms with Crippen LogP contribution in [0, 0.1) is 5.82 Å². The highest BCUT2D eigenvalue weighted by molar-refractivity contribution is 6.30. The van der Waals surface area contributed by atoms with Crippen LogP contribution in [0.15, 0.2) is 48.5 Å². The van der Waals surface area contributed by atoms with Crippen molar-refractivity contribution in [3.63, 3.8) is 0 Å². The van der Waals surface area contributed by atoms with Crippen molar-refractivity contribution in [3.8, 4) is 5.69 Å². The van der Waals surface area contributed by atoms with Gasteiger partial charge in [0.1, 0.15) is 5.82 Å². The lowest BCUT2D eigenvalue weighted by atomic mass is 9.95. The molecule has 2 unspecified atom stereocenters. The maximum Gasteiger partial charge on any atom is 0.272 e. The molecule has 0 saturated heterocycles. The number of halogens is 2. The largest absolute Gasteiger partial charge is 0.347 e. The minimum atomic E-state index is -0.286. The fraction of sp³-hybridized carbons (Fsp3) is 0.273. The molecule has 3 aromatic rings. The van der Waals surface area contributed by atoms with Gasteiger partial charge in [0.05, 0.1) is 11.4 Å². The van der Waals surface area contributed by atoms with Gasteiger partial charge in [-0.25, -0.2) is 9.07 Å². The van der Waals surface area contributed by atoms with E-state index in [0.29, 0.717) is 29.1 Å². The summed E-state index contributed by atoms with van der Waals surface area (Å²) in [5.74, 6) is 0.404. The smallest absolute Gasteiger partial charge is 0.272 e. The maximum atomic E-state index is 13.1. The van der Waals surface area contributed by atoms with Crippen LogP contribution in [0.5, 0.6) is 0 Å². The lowest BCUT2D eigenvalue weighted by Gasteiger charge is -2.14. The Morgan fingerprint density at radius 3 is 2.57 bits per heavy atom. The Labute approximate surface area is 167 Å². The summed E-state index contributed by atoms with van der Waals surface area (Å²) in [6.07, 6.45) is 3.36. The van der Waals surface area contributed by atoms with Gasteiger partial charge in [-0.1, -0.05) is 23.7 Å². The van der Waals surface area contributed by atoms with Crippen LogP contribution in [0.1, 0.15) is 58.4 Å². The normalized spacial score (nSPS) is 19.6. The second-order valence-electron chi connectivity index (χ2n) is 7.55. The minimum Gasteiger partial charge on any atom is -0.347 e. The molecule has 142 valence electrons. The molecule has 2 aromatic carbocycles. The van der Waals surface area contributed by atoms with Crippen LogP contribution in [0.25, 0.3) is 5.69 Å². The van der Waals surface area contributed by atoms with Crippen molar-refractivity contribution in [2.75, 3.05) is 0 Å². The van der Waals surface area contributed by atoms with E-state index < -0.39 is 0 Å². The number of rotatable bonds is 4. The van der Waals surface area contributed by atoms with Gasteiger partial charge in [-0.3, -0.25) is 4.79 Å². The molecule has 0 spiro atoms. The molecule has 1 saturated carbocycles. The van der Waals surface area contributed by atoms with Crippen molar-refractivity contribution in [2.24, 2.45) is 0 Å². The van der Waals surface area contributed by atoms with Crippen LogP contribution in [0.2, 0.25) is 5.02 Å². The van der Waals surface area contributed by atoms with Gasteiger partial charge in [-0.2, -0.15) is 5.10 Å². The molecular formula is C22H19ClFN3O. The van der Waals surface area contributed by atoms with Crippen LogP contribution in [-0.4, -0.2) is 15.7 Å². The Balaban J connectivity index is 1.47. The predicted octanol–water partition coefficient (Wildman–Crippen LogP) is 4.96. The summed E-state index contributed by atoms with van der Waals surface area (Å²) in [6.45, 7) is 0.343. The molecule has 1 heterocycles. The predicted molar refractivity (Wildman–Crippen MR) is 105 cm³/mol. The molecule has 1 aromatic heterocycles. The van der Waals surface area contributed by atoms with Crippen molar-refractivity contribution in [3.05, 3.63) is 81.9 Å². The van der Waals surface area contributed by atoms with Crippen molar-refractivity contribution >= 4 is 17.5 Å². The molecule has 2 bridgehead atoms. The zero-order chi connectivity index (χ0) is 19.3. The first-order valence-corrected chi connectivity index (χ1v) is 9.89. The molecule has 1 N–H and O–H groups in total. The Kier molecular flexibility index (Phi) is 4.20. The fourth-order valence-electron chi connectivity index (χ4n) is 4.55. The molecule has 4 nitrogen and oxygen atoms in total. The molecule has 28 heavy (non-hydrogen) atoms. The lowest BCUT2D eigenvalue weighted by Crippen LogP contribution is -2.24. The van der Waals surface area contributed by atoms with Gasteiger partial charge >= 0.3 is 0 Å². The number of hydrogen-bond acceptors (Lipinski definition) is 2. The number of aromatic nitrogens is 2. The van der Waals surface area contributed by atoms with E-state index >= 15 is 0 Å². The number of nitrogens with one attached hydrogen (secondary N) is 1. The van der Waals surface area contributed by atoms with E-state index in [1.165, 1.54) is 17.8 Å². The Morgan fingerprint density at radius 1 is 1.11 bits per heavy atom. The average molecular weight is 396 g/mol. The van der Waals surface area contributed by atoms with Crippen molar-refractivity contribution in [2.45, 2.75) is 37.6 Å². The monoisotopic (exact) mass is 395 g/mol. The highest BCUT2D eigenvalue weighted by Crippen LogP contribution is 2.54. The molecule has 1 amide bonds. The topological polar surface area (TPSA) is 46.9 Å². The first-order chi connectivity index (χ1) is 13.6. The van der Waals surface area contributed by atoms with Crippen LogP contribution >= 0.6 is 11.6 Å². The number of hydrogen-bond donors (Lipinski definition) is 1. The SMILES string of the molecule is O=C(NCc1ccc(F)cc1)c1nn(-c2ccc(Cl)cc2)c2c1C1CCC2C1. The second kappa shape index (κ2) is 6.74. The third-order valence-corrected chi connectivity index (χ3v) is 6.09. The van der Waals surface area contributed by atoms with E-state index in [9.17, 15) is 9.18 Å². The third-order valence-electron chi connectivity index (χ3n) is 5.84. The number of carbonyl (C=O) groups excluding carboxylic acids is 1. The van der Waals surface area contributed by atoms with Gasteiger partial charge in [-0.15, -0.1) is 0 Å². The molecule has 0 radical (unpaired) electrons. The first-order valence-electron chi connectivity index (χ1n) is 9.51. The summed E-state index contributed by atoms with van der Waals surface area (Å²) in [4.78, 5) is 12.9. The highest BCUT2D eigenvalue weighted by Gasteiger charge is 2.44. The molecular weight excluding hydrogens is 377 g/mol. The second-order valence-corrected chi connectivity index (χ2v) is 7.99. The van der Waals surface area contributed by atoms with E-state index in [0.717, 1.165) is 36.1 Å². The third kappa shape index (κ3) is 2.90. The van der Waals surface area contributed by atoms with Crippen LogP contribution in [0.3, 0.4) is 0 Å². The standard InChI is InChI=1S/C22H19ClFN3O/c23-16-5-9-18(10-6-16)27-21-15-4-3-14(11-15)19(21)20(26-27)22(28)25-12-13-1-7-17(24)8-2-13/h1-2,5-10,14-15H,3-4,11-12H2,(H,25,28). The van der Waals surface area contributed by atoms with Crippen LogP contribution in [-0.2, 0) is 6.54 Å². The molecule has 6 heteroatoms. The summed E-state index contributed by atoms with van der Waals surface area (Å²) in [5, 5.41) is 8.31. The summed E-state index contributed by atoms with van der Waals surface area (Å²) in [5.41, 5.74) is 4.56. The van der Waals surface area contributed by atoms with Crippen LogP contribution < -0.4 is 5.32 Å². The minimum absolute atomic E-state index is 0.180. The summed E-state index contributed by atoms with van der Waals surface area (Å²) in [7, 11) is 0. The van der Waals surface area contributed by atoms with Gasteiger partial charge in [0.15, 0.2) is 5.69 Å². The van der Waals surface area contributed by atoms with Crippen LogP contribution in [0.4, 0.5) is 4.39 Å². The number of amides is 1. The molecule has 5 rings (SSSR count). The zero-order valence-corrected chi connectivity index (χ0v) is 15.9. The lowest BCUT2D eigenvalue weighted by molar-refractivity contribution is 0.0944. The first kappa shape index (κ1) is 17.4. The number of carbonyl (C=O) groups is 1. The average Bonchev–Trinajstić information content (AvgIpc) is 3.41. The van der Waals surface area contributed by atoms with E-state index in [4.69, 9.17) is 16.7 Å². The van der Waals surface area contributed by atoms with E-state index in [1.807, 2.05) is 28.9 Å². The fourth-order valence-corrected chi connectivity index (χ4v) is 4.67. The van der Waals surface area contributed by atoms with E-state index in [-0.39, 0.29) is 11.7 Å².